The van der Waals surface area contributed by atoms with Crippen molar-refractivity contribution in [1.82, 2.24) is 15.6 Å². The molecule has 138 valence electrons. The van der Waals surface area contributed by atoms with Crippen molar-refractivity contribution in [2.75, 3.05) is 0 Å². The Morgan fingerprint density at radius 2 is 1.64 bits per heavy atom. The summed E-state index contributed by atoms with van der Waals surface area (Å²) in [5, 5.41) is 6.13. The lowest BCUT2D eigenvalue weighted by Gasteiger charge is -2.21. The molecule has 0 bridgehead atoms. The molecule has 2 amide bonds. The van der Waals surface area contributed by atoms with E-state index in [-0.39, 0.29) is 36.7 Å². The molecule has 25 heavy (non-hydrogen) atoms. The summed E-state index contributed by atoms with van der Waals surface area (Å²) in [6.07, 6.45) is 13.1. The third-order valence-corrected chi connectivity index (χ3v) is 4.90. The van der Waals surface area contributed by atoms with Crippen molar-refractivity contribution in [1.29, 1.82) is 0 Å². The van der Waals surface area contributed by atoms with E-state index in [1.165, 1.54) is 32.1 Å². The highest BCUT2D eigenvalue weighted by Crippen LogP contribution is 2.18. The molecule has 0 unspecified atom stereocenters. The number of hydrogen-bond acceptors (Lipinski definition) is 3. The number of aromatic nitrogens is 1. The van der Waals surface area contributed by atoms with Crippen LogP contribution in [-0.2, 0) is 9.59 Å². The molecule has 0 saturated heterocycles. The van der Waals surface area contributed by atoms with Crippen LogP contribution in [0.25, 0.3) is 0 Å². The molecule has 5 nitrogen and oxygen atoms in total. The zero-order chi connectivity index (χ0) is 17.9. The van der Waals surface area contributed by atoms with Crippen LogP contribution in [0.1, 0.15) is 82.7 Å². The maximum absolute atomic E-state index is 12.2. The van der Waals surface area contributed by atoms with Crippen molar-refractivity contribution in [3.63, 3.8) is 0 Å². The summed E-state index contributed by atoms with van der Waals surface area (Å²) < 4.78 is 0. The van der Waals surface area contributed by atoms with Gasteiger partial charge in [0.05, 0.1) is 6.04 Å². The number of pyridine rings is 1. The molecule has 2 rings (SSSR count). The number of rotatable bonds is 7. The Hall–Kier alpha value is -1.91. The van der Waals surface area contributed by atoms with Crippen molar-refractivity contribution in [2.45, 2.75) is 83.2 Å². The van der Waals surface area contributed by atoms with E-state index in [1.807, 2.05) is 19.1 Å². The first-order chi connectivity index (χ1) is 12.2. The molecular weight excluding hydrogens is 314 g/mol. The molecule has 1 atom stereocenters. The molecular formula is C20H31N3O2. The van der Waals surface area contributed by atoms with Crippen molar-refractivity contribution in [3.8, 4) is 0 Å². The quantitative estimate of drug-likeness (QED) is 0.792. The number of amides is 2. The molecule has 1 heterocycles. The van der Waals surface area contributed by atoms with Gasteiger partial charge >= 0.3 is 0 Å². The molecule has 1 aliphatic carbocycles. The Morgan fingerprint density at radius 3 is 2.28 bits per heavy atom. The average Bonchev–Trinajstić information content (AvgIpc) is 2.61. The van der Waals surface area contributed by atoms with Crippen LogP contribution < -0.4 is 10.6 Å². The van der Waals surface area contributed by atoms with Crippen LogP contribution >= 0.6 is 0 Å². The fourth-order valence-electron chi connectivity index (χ4n) is 3.41. The molecule has 0 aliphatic heterocycles. The minimum absolute atomic E-state index is 0.00215. The minimum atomic E-state index is -0.0727. The fraction of sp³-hybridized carbons (Fsp3) is 0.650. The first kappa shape index (κ1) is 19.4. The Bertz CT molecular complexity index is 525. The van der Waals surface area contributed by atoms with E-state index in [1.54, 1.807) is 12.4 Å². The number of hydrogen-bond donors (Lipinski definition) is 2. The van der Waals surface area contributed by atoms with Gasteiger partial charge in [-0.2, -0.15) is 0 Å². The normalized spacial score (nSPS) is 17.2. The highest BCUT2D eigenvalue weighted by molar-refractivity contribution is 5.84. The van der Waals surface area contributed by atoms with Gasteiger partial charge in [0.15, 0.2) is 0 Å². The van der Waals surface area contributed by atoms with Gasteiger partial charge in [0, 0.05) is 31.3 Å². The molecule has 1 saturated carbocycles. The van der Waals surface area contributed by atoms with Gasteiger partial charge in [0.25, 0.3) is 0 Å². The van der Waals surface area contributed by atoms with E-state index in [9.17, 15) is 9.59 Å². The second-order valence-corrected chi connectivity index (χ2v) is 6.92. The summed E-state index contributed by atoms with van der Waals surface area (Å²) in [6.45, 7) is 2.03. The molecule has 0 radical (unpaired) electrons. The Balaban J connectivity index is 1.72. The Kier molecular flexibility index (Phi) is 8.43. The van der Waals surface area contributed by atoms with Gasteiger partial charge in [-0.3, -0.25) is 14.6 Å². The lowest BCUT2D eigenvalue weighted by atomic mass is 9.96. The lowest BCUT2D eigenvalue weighted by molar-refractivity contribution is -0.127. The zero-order valence-corrected chi connectivity index (χ0v) is 15.3. The molecule has 1 aromatic rings. The molecule has 5 heteroatoms. The van der Waals surface area contributed by atoms with Crippen molar-refractivity contribution in [3.05, 3.63) is 30.1 Å². The molecule has 1 aromatic heterocycles. The summed E-state index contributed by atoms with van der Waals surface area (Å²) in [6, 6.07) is 4.09. The minimum Gasteiger partial charge on any atom is -0.353 e. The van der Waals surface area contributed by atoms with Gasteiger partial charge in [-0.1, -0.05) is 39.0 Å². The van der Waals surface area contributed by atoms with Crippen LogP contribution in [0.2, 0.25) is 0 Å². The van der Waals surface area contributed by atoms with Crippen molar-refractivity contribution in [2.24, 2.45) is 0 Å². The first-order valence-corrected chi connectivity index (χ1v) is 9.67. The first-order valence-electron chi connectivity index (χ1n) is 9.67. The van der Waals surface area contributed by atoms with Crippen LogP contribution in [0, 0.1) is 0 Å². The third kappa shape index (κ3) is 7.24. The molecule has 2 N–H and O–H groups in total. The Morgan fingerprint density at radius 1 is 1.04 bits per heavy atom. The standard InChI is InChI=1S/C20H31N3O2/c1-2-18(16-12-14-21-15-13-16)23-20(25)11-10-19(24)22-17-8-6-4-3-5-7-9-17/h12-15,17-18H,2-11H2,1H3,(H,22,24)(H,23,25)/t18-/m1/s1. The average molecular weight is 345 g/mol. The largest absolute Gasteiger partial charge is 0.353 e. The lowest BCUT2D eigenvalue weighted by Crippen LogP contribution is -2.36. The summed E-state index contributed by atoms with van der Waals surface area (Å²) in [5.74, 6) is -0.0749. The maximum Gasteiger partial charge on any atom is 0.220 e. The smallest absolute Gasteiger partial charge is 0.220 e. The van der Waals surface area contributed by atoms with Gasteiger partial charge in [-0.05, 0) is 37.0 Å². The number of carbonyl (C=O) groups is 2. The third-order valence-electron chi connectivity index (χ3n) is 4.90. The van der Waals surface area contributed by atoms with E-state index < -0.39 is 0 Å². The van der Waals surface area contributed by atoms with Gasteiger partial charge in [-0.15, -0.1) is 0 Å². The van der Waals surface area contributed by atoms with Crippen LogP contribution in [0.15, 0.2) is 24.5 Å². The summed E-state index contributed by atoms with van der Waals surface area (Å²) in [4.78, 5) is 28.3. The summed E-state index contributed by atoms with van der Waals surface area (Å²) in [7, 11) is 0. The fourth-order valence-corrected chi connectivity index (χ4v) is 3.41. The molecule has 1 fully saturated rings. The zero-order valence-electron chi connectivity index (χ0n) is 15.3. The van der Waals surface area contributed by atoms with Gasteiger partial charge < -0.3 is 10.6 Å². The highest BCUT2D eigenvalue weighted by Gasteiger charge is 2.16. The van der Waals surface area contributed by atoms with Crippen LogP contribution in [0.4, 0.5) is 0 Å². The predicted molar refractivity (Wildman–Crippen MR) is 98.9 cm³/mol. The van der Waals surface area contributed by atoms with Crippen LogP contribution in [0.3, 0.4) is 0 Å². The number of carbonyl (C=O) groups excluding carboxylic acids is 2. The monoisotopic (exact) mass is 345 g/mol. The van der Waals surface area contributed by atoms with E-state index >= 15 is 0 Å². The molecule has 1 aliphatic rings. The Labute approximate surface area is 151 Å². The topological polar surface area (TPSA) is 71.1 Å². The number of nitrogens with zero attached hydrogens (tertiary/aromatic N) is 1. The summed E-state index contributed by atoms with van der Waals surface area (Å²) >= 11 is 0. The van der Waals surface area contributed by atoms with E-state index in [4.69, 9.17) is 0 Å². The van der Waals surface area contributed by atoms with E-state index in [2.05, 4.69) is 15.6 Å². The highest BCUT2D eigenvalue weighted by atomic mass is 16.2. The van der Waals surface area contributed by atoms with Crippen molar-refractivity contribution >= 4 is 11.8 Å². The van der Waals surface area contributed by atoms with E-state index in [0.29, 0.717) is 0 Å². The predicted octanol–water partition coefficient (Wildman–Crippen LogP) is 3.66. The van der Waals surface area contributed by atoms with Gasteiger partial charge in [-0.25, -0.2) is 0 Å². The van der Waals surface area contributed by atoms with Crippen LogP contribution in [0.5, 0.6) is 0 Å². The molecule has 0 spiro atoms. The summed E-state index contributed by atoms with van der Waals surface area (Å²) in [5.41, 5.74) is 1.05. The van der Waals surface area contributed by atoms with Gasteiger partial charge in [0.1, 0.15) is 0 Å². The second kappa shape index (κ2) is 10.9. The van der Waals surface area contributed by atoms with Crippen molar-refractivity contribution < 1.29 is 9.59 Å². The maximum atomic E-state index is 12.2. The van der Waals surface area contributed by atoms with Gasteiger partial charge in [0.2, 0.25) is 11.8 Å². The molecule has 0 aromatic carbocycles. The van der Waals surface area contributed by atoms with E-state index in [0.717, 1.165) is 24.8 Å². The SMILES string of the molecule is CC[C@@H](NC(=O)CCC(=O)NC1CCCCCCC1)c1ccncc1. The van der Waals surface area contributed by atoms with Crippen LogP contribution in [-0.4, -0.2) is 22.8 Å². The number of nitrogens with one attached hydrogen (secondary N) is 2. The second-order valence-electron chi connectivity index (χ2n) is 6.92.